The fourth-order valence-electron chi connectivity index (χ4n) is 5.73. The summed E-state index contributed by atoms with van der Waals surface area (Å²) in [6.45, 7) is 1.49. The lowest BCUT2D eigenvalue weighted by molar-refractivity contribution is -0.121. The fourth-order valence-corrected chi connectivity index (χ4v) is 7.34. The van der Waals surface area contributed by atoms with Crippen molar-refractivity contribution in [2.75, 3.05) is 28.9 Å². The highest BCUT2D eigenvalue weighted by Gasteiger charge is 2.44. The summed E-state index contributed by atoms with van der Waals surface area (Å²) in [5.41, 5.74) is 7.23. The van der Waals surface area contributed by atoms with Gasteiger partial charge in [-0.3, -0.25) is 9.10 Å². The summed E-state index contributed by atoms with van der Waals surface area (Å²) in [7, 11) is -4.04. The first-order chi connectivity index (χ1) is 19.8. The number of aryl methyl sites for hydroxylation is 1. The Labute approximate surface area is 242 Å². The number of carbonyl (C=O) groups is 1. The molecule has 2 aliphatic rings. The van der Waals surface area contributed by atoms with Gasteiger partial charge in [0.05, 0.1) is 41.1 Å². The number of hydrogen-bond donors (Lipinski definition) is 1. The van der Waals surface area contributed by atoms with Gasteiger partial charge in [-0.25, -0.2) is 12.8 Å². The van der Waals surface area contributed by atoms with Crippen molar-refractivity contribution in [1.29, 1.82) is 0 Å². The van der Waals surface area contributed by atoms with Crippen molar-refractivity contribution in [3.8, 4) is 16.9 Å². The number of rotatable bonds is 9. The topological polar surface area (TPSA) is 102 Å². The maximum Gasteiger partial charge on any atom is 0.387 e. The van der Waals surface area contributed by atoms with E-state index in [-0.39, 0.29) is 41.8 Å². The molecule has 2 atom stereocenters. The fraction of sp³-hybridized carbons (Fsp3) is 0.367. The molecule has 0 bridgehead atoms. The predicted molar refractivity (Wildman–Crippen MR) is 153 cm³/mol. The minimum absolute atomic E-state index is 0.0909. The van der Waals surface area contributed by atoms with Crippen molar-refractivity contribution in [1.82, 2.24) is 0 Å². The number of benzene rings is 3. The highest BCUT2D eigenvalue weighted by Crippen LogP contribution is 2.45. The number of sulfonamides is 1. The molecule has 3 aromatic carbocycles. The number of alkyl halides is 2. The van der Waals surface area contributed by atoms with Crippen molar-refractivity contribution in [2.24, 2.45) is 5.73 Å². The molecule has 0 aromatic heterocycles. The van der Waals surface area contributed by atoms with E-state index in [1.807, 2.05) is 19.9 Å². The van der Waals surface area contributed by atoms with E-state index in [0.29, 0.717) is 36.3 Å². The molecule has 2 aliphatic heterocycles. The molecule has 2 heterocycles. The van der Waals surface area contributed by atoms with Crippen LogP contribution in [0.5, 0.6) is 5.75 Å². The molecule has 42 heavy (non-hydrogen) atoms. The maximum absolute atomic E-state index is 14.4. The third-order valence-corrected chi connectivity index (χ3v) is 9.50. The molecule has 0 spiro atoms. The number of anilines is 2. The Bertz CT molecular complexity index is 1600. The SMILES string of the molecule is Cc1cccc(S(=O)(=O)N2C[C@@H]3C[C@](C)(OCCC(N)=O)CCN3c3ccc(-c4cc(F)cc(OC(F)F)c4)cc32)c1. The summed E-state index contributed by atoms with van der Waals surface area (Å²) in [4.78, 5) is 13.5. The van der Waals surface area contributed by atoms with Crippen LogP contribution in [0.3, 0.4) is 0 Å². The van der Waals surface area contributed by atoms with Crippen molar-refractivity contribution in [3.63, 3.8) is 0 Å². The number of nitrogens with zero attached hydrogens (tertiary/aromatic N) is 2. The summed E-state index contributed by atoms with van der Waals surface area (Å²) >= 11 is 0. The smallest absolute Gasteiger partial charge is 0.387 e. The number of fused-ring (bicyclic) bond motifs is 3. The Hall–Kier alpha value is -3.77. The molecule has 5 rings (SSSR count). The second-order valence-electron chi connectivity index (χ2n) is 10.9. The Morgan fingerprint density at radius 2 is 1.88 bits per heavy atom. The van der Waals surface area contributed by atoms with Gasteiger partial charge in [0.15, 0.2) is 0 Å². The highest BCUT2D eigenvalue weighted by molar-refractivity contribution is 7.92. The first-order valence-corrected chi connectivity index (χ1v) is 15.0. The zero-order chi connectivity index (χ0) is 30.2. The number of nitrogens with two attached hydrogens (primary N) is 1. The van der Waals surface area contributed by atoms with Crippen molar-refractivity contribution < 1.29 is 35.9 Å². The average Bonchev–Trinajstić information content (AvgIpc) is 2.91. The number of primary amides is 1. The van der Waals surface area contributed by atoms with Crippen LogP contribution >= 0.6 is 0 Å². The van der Waals surface area contributed by atoms with Crippen LogP contribution < -0.4 is 19.7 Å². The van der Waals surface area contributed by atoms with Gasteiger partial charge in [0.1, 0.15) is 11.6 Å². The molecule has 12 heteroatoms. The Kier molecular flexibility index (Phi) is 8.13. The molecular formula is C30H32F3N3O5S. The van der Waals surface area contributed by atoms with Crippen LogP contribution in [0.15, 0.2) is 65.6 Å². The molecule has 2 N–H and O–H groups in total. The lowest BCUT2D eigenvalue weighted by Gasteiger charge is -2.51. The van der Waals surface area contributed by atoms with Gasteiger partial charge in [0.2, 0.25) is 5.91 Å². The third kappa shape index (κ3) is 6.19. The van der Waals surface area contributed by atoms with E-state index < -0.39 is 34.0 Å². The predicted octanol–water partition coefficient (Wildman–Crippen LogP) is 5.23. The van der Waals surface area contributed by atoms with Crippen LogP contribution in [0.1, 0.15) is 31.7 Å². The number of amides is 1. The van der Waals surface area contributed by atoms with Gasteiger partial charge in [0.25, 0.3) is 10.0 Å². The maximum atomic E-state index is 14.4. The quantitative estimate of drug-likeness (QED) is 0.360. The number of ether oxygens (including phenoxy) is 2. The van der Waals surface area contributed by atoms with Crippen LogP contribution in [0, 0.1) is 12.7 Å². The molecule has 3 aromatic rings. The number of halogens is 3. The number of piperidine rings is 1. The molecule has 224 valence electrons. The number of carbonyl (C=O) groups excluding carboxylic acids is 1. The lowest BCUT2D eigenvalue weighted by Crippen LogP contribution is -2.58. The lowest BCUT2D eigenvalue weighted by atomic mass is 9.85. The van der Waals surface area contributed by atoms with Crippen LogP contribution in [-0.4, -0.2) is 52.3 Å². The van der Waals surface area contributed by atoms with Crippen molar-refractivity contribution in [2.45, 2.75) is 56.3 Å². The third-order valence-electron chi connectivity index (χ3n) is 7.73. The normalized spacial score (nSPS) is 20.3. The Morgan fingerprint density at radius 3 is 2.60 bits per heavy atom. The molecular weight excluding hydrogens is 571 g/mol. The van der Waals surface area contributed by atoms with E-state index in [4.69, 9.17) is 10.5 Å². The van der Waals surface area contributed by atoms with E-state index >= 15 is 0 Å². The van der Waals surface area contributed by atoms with Gasteiger partial charge < -0.3 is 20.1 Å². The monoisotopic (exact) mass is 603 g/mol. The molecule has 0 unspecified atom stereocenters. The van der Waals surface area contributed by atoms with Crippen LogP contribution in [-0.2, 0) is 19.6 Å². The molecule has 1 saturated heterocycles. The van der Waals surface area contributed by atoms with E-state index in [9.17, 15) is 26.4 Å². The van der Waals surface area contributed by atoms with Crippen molar-refractivity contribution in [3.05, 3.63) is 72.0 Å². The van der Waals surface area contributed by atoms with E-state index in [1.54, 1.807) is 30.3 Å². The minimum atomic E-state index is -4.04. The second-order valence-corrected chi connectivity index (χ2v) is 12.8. The Morgan fingerprint density at radius 1 is 1.10 bits per heavy atom. The van der Waals surface area contributed by atoms with Gasteiger partial charge in [-0.1, -0.05) is 18.2 Å². The van der Waals surface area contributed by atoms with E-state index in [0.717, 1.165) is 11.6 Å². The van der Waals surface area contributed by atoms with Gasteiger partial charge in [-0.2, -0.15) is 8.78 Å². The van der Waals surface area contributed by atoms with Crippen molar-refractivity contribution >= 4 is 27.3 Å². The van der Waals surface area contributed by atoms with Gasteiger partial charge in [0, 0.05) is 19.0 Å². The van der Waals surface area contributed by atoms with E-state index in [1.165, 1.54) is 22.5 Å². The molecule has 0 radical (unpaired) electrons. The van der Waals surface area contributed by atoms with E-state index in [2.05, 4.69) is 9.64 Å². The Balaban J connectivity index is 1.57. The first-order valence-electron chi connectivity index (χ1n) is 13.5. The molecule has 1 amide bonds. The zero-order valence-electron chi connectivity index (χ0n) is 23.2. The average molecular weight is 604 g/mol. The summed E-state index contributed by atoms with van der Waals surface area (Å²) in [5.74, 6) is -1.56. The van der Waals surface area contributed by atoms with Gasteiger partial charge in [-0.05, 0) is 79.8 Å². The van der Waals surface area contributed by atoms with Crippen LogP contribution in [0.25, 0.3) is 11.1 Å². The molecule has 8 nitrogen and oxygen atoms in total. The summed E-state index contributed by atoms with van der Waals surface area (Å²) in [5, 5.41) is 0. The molecule has 0 saturated carbocycles. The standard InChI is InChI=1S/C30H32F3N3O5S/c1-19-4-3-5-25(12-19)42(38,39)36-18-23-17-30(2,40-11-8-28(34)37)9-10-35(23)26-7-6-20(15-27(26)36)21-13-22(31)16-24(14-21)41-29(32)33/h3-7,12-16,23,29H,8-11,17-18H2,1-2H3,(H2,34,37)/t23-,30+/m0/s1. The van der Waals surface area contributed by atoms with Gasteiger partial charge in [-0.15, -0.1) is 0 Å². The van der Waals surface area contributed by atoms with Crippen LogP contribution in [0.2, 0.25) is 0 Å². The van der Waals surface area contributed by atoms with Gasteiger partial charge >= 0.3 is 6.61 Å². The molecule has 0 aliphatic carbocycles. The minimum Gasteiger partial charge on any atom is -0.435 e. The first kappa shape index (κ1) is 29.7. The second kappa shape index (κ2) is 11.5. The largest absolute Gasteiger partial charge is 0.435 e. The summed E-state index contributed by atoms with van der Waals surface area (Å²) < 4.78 is 80.2. The highest BCUT2D eigenvalue weighted by atomic mass is 32.2. The van der Waals surface area contributed by atoms with Crippen LogP contribution in [0.4, 0.5) is 24.5 Å². The summed E-state index contributed by atoms with van der Waals surface area (Å²) in [6, 6.07) is 14.8. The summed E-state index contributed by atoms with van der Waals surface area (Å²) in [6.07, 6.45) is 1.23. The number of hydrogen-bond acceptors (Lipinski definition) is 6. The zero-order valence-corrected chi connectivity index (χ0v) is 24.0. The molecule has 1 fully saturated rings.